The highest BCUT2D eigenvalue weighted by atomic mass is 32.2. The van der Waals surface area contributed by atoms with E-state index in [9.17, 15) is 0 Å². The van der Waals surface area contributed by atoms with Gasteiger partial charge in [-0.25, -0.2) is 0 Å². The summed E-state index contributed by atoms with van der Waals surface area (Å²) in [4.78, 5) is 4.11. The van der Waals surface area contributed by atoms with Crippen LogP contribution in [0.2, 0.25) is 0 Å². The average Bonchev–Trinajstić information content (AvgIpc) is 2.46. The second-order valence-electron chi connectivity index (χ2n) is 5.17. The Morgan fingerprint density at radius 2 is 1.94 bits per heavy atom. The molecular formula is C15H24N2S. The standard InChI is InChI=1S/C15H24N2S/c1-2-14(16)15(12-8-10-17-11-9-12)18-13-6-4-3-5-7-13/h8-11,13-15H,2-7,16H2,1H3. The zero-order valence-corrected chi connectivity index (χ0v) is 12.0. The second kappa shape index (κ2) is 7.15. The van der Waals surface area contributed by atoms with Gasteiger partial charge in [0.05, 0.1) is 0 Å². The highest BCUT2D eigenvalue weighted by molar-refractivity contribution is 8.00. The van der Waals surface area contributed by atoms with Crippen molar-refractivity contribution < 1.29 is 0 Å². The van der Waals surface area contributed by atoms with Gasteiger partial charge in [-0.05, 0) is 37.0 Å². The van der Waals surface area contributed by atoms with Crippen LogP contribution in [-0.2, 0) is 0 Å². The van der Waals surface area contributed by atoms with E-state index >= 15 is 0 Å². The second-order valence-corrected chi connectivity index (χ2v) is 6.62. The first kappa shape index (κ1) is 13.9. The molecule has 2 nitrogen and oxygen atoms in total. The van der Waals surface area contributed by atoms with Crippen LogP contribution in [0.3, 0.4) is 0 Å². The Kier molecular flexibility index (Phi) is 5.51. The number of nitrogens with zero attached hydrogens (tertiary/aromatic N) is 1. The van der Waals surface area contributed by atoms with E-state index in [2.05, 4.69) is 35.8 Å². The average molecular weight is 264 g/mol. The molecule has 18 heavy (non-hydrogen) atoms. The molecule has 1 saturated carbocycles. The van der Waals surface area contributed by atoms with E-state index in [0.29, 0.717) is 5.25 Å². The highest BCUT2D eigenvalue weighted by Crippen LogP contribution is 2.40. The summed E-state index contributed by atoms with van der Waals surface area (Å²) in [6.45, 7) is 2.18. The van der Waals surface area contributed by atoms with Gasteiger partial charge in [-0.3, -0.25) is 4.98 Å². The fourth-order valence-corrected chi connectivity index (χ4v) is 4.33. The fraction of sp³-hybridized carbons (Fsp3) is 0.667. The van der Waals surface area contributed by atoms with Gasteiger partial charge in [0.15, 0.2) is 0 Å². The summed E-state index contributed by atoms with van der Waals surface area (Å²) in [5, 5.41) is 1.23. The molecule has 0 aliphatic heterocycles. The largest absolute Gasteiger partial charge is 0.326 e. The zero-order valence-electron chi connectivity index (χ0n) is 11.2. The molecule has 2 atom stereocenters. The number of nitrogens with two attached hydrogens (primary N) is 1. The minimum atomic E-state index is 0.249. The van der Waals surface area contributed by atoms with E-state index in [-0.39, 0.29) is 6.04 Å². The van der Waals surface area contributed by atoms with Gasteiger partial charge in [-0.15, -0.1) is 11.8 Å². The molecule has 1 fully saturated rings. The van der Waals surface area contributed by atoms with Gasteiger partial charge in [-0.1, -0.05) is 26.2 Å². The zero-order chi connectivity index (χ0) is 12.8. The number of pyridine rings is 1. The van der Waals surface area contributed by atoms with Crippen molar-refractivity contribution in [2.75, 3.05) is 0 Å². The van der Waals surface area contributed by atoms with Crippen LogP contribution in [-0.4, -0.2) is 16.3 Å². The molecule has 2 rings (SSSR count). The summed E-state index contributed by atoms with van der Waals surface area (Å²) in [6.07, 6.45) is 11.7. The van der Waals surface area contributed by atoms with Crippen molar-refractivity contribution in [3.05, 3.63) is 30.1 Å². The van der Waals surface area contributed by atoms with Gasteiger partial charge in [0.2, 0.25) is 0 Å². The van der Waals surface area contributed by atoms with Gasteiger partial charge in [-0.2, -0.15) is 0 Å². The lowest BCUT2D eigenvalue weighted by Crippen LogP contribution is -2.27. The van der Waals surface area contributed by atoms with Crippen molar-refractivity contribution in [3.63, 3.8) is 0 Å². The Morgan fingerprint density at radius 3 is 2.56 bits per heavy atom. The SMILES string of the molecule is CCC(N)C(SC1CCCCC1)c1ccncc1. The van der Waals surface area contributed by atoms with Crippen LogP contribution >= 0.6 is 11.8 Å². The molecule has 0 radical (unpaired) electrons. The van der Waals surface area contributed by atoms with Gasteiger partial charge >= 0.3 is 0 Å². The van der Waals surface area contributed by atoms with Crippen molar-refractivity contribution in [2.24, 2.45) is 5.73 Å². The number of hydrogen-bond acceptors (Lipinski definition) is 3. The number of rotatable bonds is 5. The Hall–Kier alpha value is -0.540. The first-order valence-electron chi connectivity index (χ1n) is 7.12. The van der Waals surface area contributed by atoms with Gasteiger partial charge < -0.3 is 5.73 Å². The van der Waals surface area contributed by atoms with Crippen molar-refractivity contribution in [3.8, 4) is 0 Å². The molecule has 0 amide bonds. The van der Waals surface area contributed by atoms with Crippen molar-refractivity contribution in [2.45, 2.75) is 62.0 Å². The Morgan fingerprint density at radius 1 is 1.28 bits per heavy atom. The van der Waals surface area contributed by atoms with Crippen LogP contribution in [0, 0.1) is 0 Å². The van der Waals surface area contributed by atoms with E-state index < -0.39 is 0 Å². The van der Waals surface area contributed by atoms with Crippen molar-refractivity contribution in [1.29, 1.82) is 0 Å². The molecule has 100 valence electrons. The van der Waals surface area contributed by atoms with Crippen LogP contribution < -0.4 is 5.73 Å². The van der Waals surface area contributed by atoms with E-state index in [1.807, 2.05) is 12.4 Å². The molecule has 0 spiro atoms. The molecule has 1 aliphatic rings. The quantitative estimate of drug-likeness (QED) is 0.876. The predicted molar refractivity (Wildman–Crippen MR) is 79.7 cm³/mol. The summed E-state index contributed by atoms with van der Waals surface area (Å²) in [6, 6.07) is 4.49. The molecule has 0 aromatic carbocycles. The van der Waals surface area contributed by atoms with Crippen molar-refractivity contribution in [1.82, 2.24) is 4.98 Å². The minimum absolute atomic E-state index is 0.249. The van der Waals surface area contributed by atoms with Crippen LogP contribution in [0.5, 0.6) is 0 Å². The predicted octanol–water partition coefficient (Wildman–Crippen LogP) is 3.93. The fourth-order valence-electron chi connectivity index (χ4n) is 2.60. The highest BCUT2D eigenvalue weighted by Gasteiger charge is 2.24. The monoisotopic (exact) mass is 264 g/mol. The molecule has 1 heterocycles. The summed E-state index contributed by atoms with van der Waals surface area (Å²) >= 11 is 2.10. The molecule has 2 unspecified atom stereocenters. The first-order valence-corrected chi connectivity index (χ1v) is 8.06. The van der Waals surface area contributed by atoms with Gasteiger partial charge in [0.1, 0.15) is 0 Å². The molecule has 2 N–H and O–H groups in total. The maximum atomic E-state index is 6.33. The number of thioether (sulfide) groups is 1. The Balaban J connectivity index is 2.05. The van der Waals surface area contributed by atoms with E-state index in [1.54, 1.807) is 0 Å². The summed E-state index contributed by atoms with van der Waals surface area (Å²) in [7, 11) is 0. The molecule has 0 bridgehead atoms. The van der Waals surface area contributed by atoms with Crippen LogP contribution in [0.25, 0.3) is 0 Å². The Bertz CT molecular complexity index is 336. The summed E-state index contributed by atoms with van der Waals surface area (Å²) < 4.78 is 0. The molecule has 0 saturated heterocycles. The lowest BCUT2D eigenvalue weighted by atomic mass is 10.0. The maximum absolute atomic E-state index is 6.33. The van der Waals surface area contributed by atoms with Crippen molar-refractivity contribution >= 4 is 11.8 Å². The molecule has 1 aromatic rings. The smallest absolute Gasteiger partial charge is 0.0452 e. The third kappa shape index (κ3) is 3.72. The number of aromatic nitrogens is 1. The number of hydrogen-bond donors (Lipinski definition) is 1. The third-order valence-corrected chi connectivity index (χ3v) is 5.56. The summed E-state index contributed by atoms with van der Waals surface area (Å²) in [5.41, 5.74) is 7.67. The van der Waals surface area contributed by atoms with E-state index in [4.69, 9.17) is 5.73 Å². The molecule has 1 aromatic heterocycles. The third-order valence-electron chi connectivity index (χ3n) is 3.79. The molecule has 3 heteroatoms. The normalized spacial score (nSPS) is 20.6. The minimum Gasteiger partial charge on any atom is -0.326 e. The van der Waals surface area contributed by atoms with Crippen LogP contribution in [0.4, 0.5) is 0 Å². The maximum Gasteiger partial charge on any atom is 0.0452 e. The summed E-state index contributed by atoms with van der Waals surface area (Å²) in [5.74, 6) is 0. The van der Waals surface area contributed by atoms with Gasteiger partial charge in [0, 0.05) is 28.9 Å². The first-order chi connectivity index (χ1) is 8.81. The Labute approximate surface area is 115 Å². The molecule has 1 aliphatic carbocycles. The van der Waals surface area contributed by atoms with E-state index in [0.717, 1.165) is 11.7 Å². The van der Waals surface area contributed by atoms with Gasteiger partial charge in [0.25, 0.3) is 0 Å². The lowest BCUT2D eigenvalue weighted by Gasteiger charge is -2.29. The van der Waals surface area contributed by atoms with Crippen LogP contribution in [0.1, 0.15) is 56.3 Å². The lowest BCUT2D eigenvalue weighted by molar-refractivity contribution is 0.512. The topological polar surface area (TPSA) is 38.9 Å². The van der Waals surface area contributed by atoms with Crippen LogP contribution in [0.15, 0.2) is 24.5 Å². The van der Waals surface area contributed by atoms with E-state index in [1.165, 1.54) is 37.7 Å². The molecular weight excluding hydrogens is 240 g/mol.